The molecule has 1 amide bonds. The minimum absolute atomic E-state index is 0.0557. The summed E-state index contributed by atoms with van der Waals surface area (Å²) < 4.78 is 45.8. The van der Waals surface area contributed by atoms with E-state index in [0.29, 0.717) is 5.75 Å². The van der Waals surface area contributed by atoms with Crippen molar-refractivity contribution in [1.29, 1.82) is 0 Å². The summed E-state index contributed by atoms with van der Waals surface area (Å²) in [5, 5.41) is 4.39. The van der Waals surface area contributed by atoms with Crippen LogP contribution in [0.5, 0.6) is 11.5 Å². The lowest BCUT2D eigenvalue weighted by molar-refractivity contribution is -0.274. The van der Waals surface area contributed by atoms with Crippen LogP contribution in [0.25, 0.3) is 0 Å². The third kappa shape index (κ3) is 5.76. The maximum Gasteiger partial charge on any atom is 0.573 e. The van der Waals surface area contributed by atoms with Crippen LogP contribution in [0.15, 0.2) is 54.6 Å². The highest BCUT2D eigenvalue weighted by Gasteiger charge is 2.32. The maximum absolute atomic E-state index is 12.3. The zero-order valence-electron chi connectivity index (χ0n) is 12.0. The van der Waals surface area contributed by atoms with Crippen molar-refractivity contribution >= 4 is 29.1 Å². The predicted octanol–water partition coefficient (Wildman–Crippen LogP) is 4.07. The summed E-state index contributed by atoms with van der Waals surface area (Å²) in [7, 11) is 0. The third-order valence-corrected chi connectivity index (χ3v) is 2.73. The molecule has 126 valence electrons. The summed E-state index contributed by atoms with van der Waals surface area (Å²) in [5.41, 5.74) is -0.0557. The van der Waals surface area contributed by atoms with Gasteiger partial charge in [0, 0.05) is 0 Å². The zero-order chi connectivity index (χ0) is 17.6. The molecule has 2 aromatic rings. The second-order valence-corrected chi connectivity index (χ2v) is 4.73. The number of anilines is 1. The van der Waals surface area contributed by atoms with Crippen molar-refractivity contribution in [2.45, 2.75) is 6.36 Å². The van der Waals surface area contributed by atoms with Crippen LogP contribution in [0.3, 0.4) is 0 Å². The lowest BCUT2D eigenvalue weighted by Gasteiger charge is -2.15. The normalized spacial score (nSPS) is 10.6. The minimum atomic E-state index is -4.85. The predicted molar refractivity (Wildman–Crippen MR) is 84.9 cm³/mol. The van der Waals surface area contributed by atoms with E-state index in [-0.39, 0.29) is 10.8 Å². The number of alkyl halides is 3. The Morgan fingerprint density at radius 1 is 1.00 bits per heavy atom. The Morgan fingerprint density at radius 3 is 2.29 bits per heavy atom. The number of rotatable bonds is 3. The van der Waals surface area contributed by atoms with Gasteiger partial charge in [-0.05, 0) is 36.5 Å². The van der Waals surface area contributed by atoms with Crippen LogP contribution in [0.4, 0.5) is 23.7 Å². The van der Waals surface area contributed by atoms with E-state index in [1.54, 1.807) is 30.3 Å². The molecule has 0 aliphatic carbocycles. The fourth-order valence-corrected chi connectivity index (χ4v) is 1.84. The monoisotopic (exact) mass is 356 g/mol. The number of benzene rings is 2. The topological polar surface area (TPSA) is 59.6 Å². The van der Waals surface area contributed by atoms with E-state index in [9.17, 15) is 18.0 Å². The van der Waals surface area contributed by atoms with Gasteiger partial charge >= 0.3 is 12.5 Å². The van der Waals surface area contributed by atoms with Gasteiger partial charge in [0.15, 0.2) is 10.9 Å². The summed E-state index contributed by atoms with van der Waals surface area (Å²) in [6.07, 6.45) is -5.73. The van der Waals surface area contributed by atoms with Gasteiger partial charge in [0.25, 0.3) is 0 Å². The Hall–Kier alpha value is -2.81. The van der Waals surface area contributed by atoms with Gasteiger partial charge < -0.3 is 14.8 Å². The maximum atomic E-state index is 12.3. The number of halogens is 3. The van der Waals surface area contributed by atoms with Crippen molar-refractivity contribution in [2.24, 2.45) is 0 Å². The number of amides is 1. The Morgan fingerprint density at radius 2 is 1.62 bits per heavy atom. The lowest BCUT2D eigenvalue weighted by atomic mass is 10.3. The van der Waals surface area contributed by atoms with Gasteiger partial charge in [-0.3, -0.25) is 5.32 Å². The molecule has 0 aliphatic rings. The fraction of sp³-hybridized carbons (Fsp3) is 0.0667. The van der Waals surface area contributed by atoms with Gasteiger partial charge in [-0.25, -0.2) is 4.79 Å². The van der Waals surface area contributed by atoms with E-state index >= 15 is 0 Å². The van der Waals surface area contributed by atoms with Gasteiger partial charge in [0.05, 0.1) is 5.69 Å². The van der Waals surface area contributed by atoms with Gasteiger partial charge in [-0.15, -0.1) is 13.2 Å². The van der Waals surface area contributed by atoms with Crippen LogP contribution in [-0.4, -0.2) is 17.6 Å². The van der Waals surface area contributed by atoms with Crippen molar-refractivity contribution in [3.05, 3.63) is 54.6 Å². The first-order valence-electron chi connectivity index (χ1n) is 6.53. The first kappa shape index (κ1) is 17.5. The number of thiocarbonyl (C=S) groups is 1. The van der Waals surface area contributed by atoms with Crippen molar-refractivity contribution < 1.29 is 27.4 Å². The molecule has 0 saturated heterocycles. The van der Waals surface area contributed by atoms with E-state index < -0.39 is 18.2 Å². The van der Waals surface area contributed by atoms with Crippen molar-refractivity contribution in [1.82, 2.24) is 5.32 Å². The number of hydrogen-bond donors (Lipinski definition) is 2. The molecule has 0 aliphatic heterocycles. The molecule has 0 saturated carbocycles. The summed E-state index contributed by atoms with van der Waals surface area (Å²) in [6, 6.07) is 13.5. The summed E-state index contributed by atoms with van der Waals surface area (Å²) in [6.45, 7) is 0. The molecule has 0 atom stereocenters. The van der Waals surface area contributed by atoms with Gasteiger partial charge in [0.1, 0.15) is 5.75 Å². The number of carbonyl (C=O) groups excluding carboxylic acids is 1. The number of hydrogen-bond acceptors (Lipinski definition) is 4. The summed E-state index contributed by atoms with van der Waals surface area (Å²) in [4.78, 5) is 11.7. The molecular formula is C15H11F3N2O3S. The molecule has 2 aromatic carbocycles. The summed E-state index contributed by atoms with van der Waals surface area (Å²) in [5.74, 6) is -0.191. The van der Waals surface area contributed by atoms with E-state index in [4.69, 9.17) is 17.0 Å². The SMILES string of the molecule is O=C(NC(=S)Nc1ccccc1OC(F)(F)F)Oc1ccccc1. The molecule has 24 heavy (non-hydrogen) atoms. The second kappa shape index (κ2) is 7.64. The molecular weight excluding hydrogens is 345 g/mol. The molecule has 2 N–H and O–H groups in total. The highest BCUT2D eigenvalue weighted by Crippen LogP contribution is 2.29. The highest BCUT2D eigenvalue weighted by molar-refractivity contribution is 7.80. The number of nitrogens with one attached hydrogen (secondary N) is 2. The quantitative estimate of drug-likeness (QED) is 0.812. The molecule has 0 aromatic heterocycles. The highest BCUT2D eigenvalue weighted by atomic mass is 32.1. The molecule has 0 spiro atoms. The first-order chi connectivity index (χ1) is 11.3. The number of para-hydroxylation sites is 3. The Labute approximate surface area is 140 Å². The Kier molecular flexibility index (Phi) is 5.59. The van der Waals surface area contributed by atoms with Gasteiger partial charge in [-0.2, -0.15) is 0 Å². The van der Waals surface area contributed by atoms with Crippen LogP contribution < -0.4 is 20.1 Å². The summed E-state index contributed by atoms with van der Waals surface area (Å²) >= 11 is 4.87. The molecule has 0 heterocycles. The van der Waals surface area contributed by atoms with Crippen LogP contribution in [0.1, 0.15) is 0 Å². The van der Waals surface area contributed by atoms with E-state index in [0.717, 1.165) is 6.07 Å². The smallest absolute Gasteiger partial charge is 0.410 e. The molecule has 0 radical (unpaired) electrons. The third-order valence-electron chi connectivity index (χ3n) is 2.53. The van der Waals surface area contributed by atoms with Crippen LogP contribution >= 0.6 is 12.2 Å². The number of ether oxygens (including phenoxy) is 2. The van der Waals surface area contributed by atoms with Crippen LogP contribution in [-0.2, 0) is 0 Å². The lowest BCUT2D eigenvalue weighted by Crippen LogP contribution is -2.36. The molecule has 9 heteroatoms. The average Bonchev–Trinajstić information content (AvgIpc) is 2.48. The molecule has 5 nitrogen and oxygen atoms in total. The first-order valence-corrected chi connectivity index (χ1v) is 6.94. The molecule has 0 unspecified atom stereocenters. The average molecular weight is 356 g/mol. The van der Waals surface area contributed by atoms with Crippen LogP contribution in [0.2, 0.25) is 0 Å². The number of carbonyl (C=O) groups is 1. The van der Waals surface area contributed by atoms with Crippen LogP contribution in [0, 0.1) is 0 Å². The van der Waals surface area contributed by atoms with Gasteiger partial charge in [0.2, 0.25) is 0 Å². The fourth-order valence-electron chi connectivity index (χ4n) is 1.65. The second-order valence-electron chi connectivity index (χ2n) is 4.33. The largest absolute Gasteiger partial charge is 0.573 e. The van der Waals surface area contributed by atoms with E-state index in [1.165, 1.54) is 18.2 Å². The minimum Gasteiger partial charge on any atom is -0.410 e. The Balaban J connectivity index is 1.96. The standard InChI is InChI=1S/C15H11F3N2O3S/c16-15(17,18)23-12-9-5-4-8-11(12)19-13(24)20-14(21)22-10-6-2-1-3-7-10/h1-9H,(H2,19,20,21,24). The van der Waals surface area contributed by atoms with E-state index in [1.807, 2.05) is 0 Å². The molecule has 0 bridgehead atoms. The van der Waals surface area contributed by atoms with Gasteiger partial charge in [-0.1, -0.05) is 30.3 Å². The molecule has 0 fully saturated rings. The van der Waals surface area contributed by atoms with E-state index in [2.05, 4.69) is 15.4 Å². The van der Waals surface area contributed by atoms with Crippen molar-refractivity contribution in [3.63, 3.8) is 0 Å². The Bertz CT molecular complexity index is 723. The zero-order valence-corrected chi connectivity index (χ0v) is 12.8. The van der Waals surface area contributed by atoms with Crippen molar-refractivity contribution in [3.8, 4) is 11.5 Å². The molecule has 2 rings (SSSR count). The van der Waals surface area contributed by atoms with Crippen molar-refractivity contribution in [2.75, 3.05) is 5.32 Å².